The maximum atomic E-state index is 7.12. The monoisotopic (exact) mass is 680 g/mol. The first-order chi connectivity index (χ1) is 21.6. The van der Waals surface area contributed by atoms with Gasteiger partial charge in [0.2, 0.25) is 14.2 Å². The van der Waals surface area contributed by atoms with E-state index >= 15 is 0 Å². The minimum atomic E-state index is -0.867. The molecule has 8 atom stereocenters. The maximum Gasteiger partial charge on any atom is 0.209 e. The molecule has 0 N–H and O–H groups in total. The summed E-state index contributed by atoms with van der Waals surface area (Å²) < 4.78 is 58.1. The van der Waals surface area contributed by atoms with Gasteiger partial charge in [-0.3, -0.25) is 0 Å². The fourth-order valence-corrected chi connectivity index (χ4v) is 5.57. The van der Waals surface area contributed by atoms with Gasteiger partial charge >= 0.3 is 0 Å². The molecule has 0 heterocycles. The van der Waals surface area contributed by atoms with Gasteiger partial charge in [0.25, 0.3) is 0 Å². The number of hydrogen-bond acceptors (Lipinski definition) is 10. The van der Waals surface area contributed by atoms with Crippen molar-refractivity contribution in [1.82, 2.24) is 0 Å². The molecule has 0 amide bonds. The fourth-order valence-electron chi connectivity index (χ4n) is 4.12. The van der Waals surface area contributed by atoms with Gasteiger partial charge in [-0.15, -0.1) is 13.2 Å². The lowest BCUT2D eigenvalue weighted by atomic mass is 9.91. The van der Waals surface area contributed by atoms with Gasteiger partial charge < -0.3 is 36.4 Å². The van der Waals surface area contributed by atoms with Crippen LogP contribution in [0.2, 0.25) is 0 Å². The Morgan fingerprint density at radius 3 is 1.70 bits per heavy atom. The highest BCUT2D eigenvalue weighted by Crippen LogP contribution is 2.29. The zero-order valence-electron chi connectivity index (χ0n) is 29.1. The van der Waals surface area contributed by atoms with Crippen molar-refractivity contribution >= 4 is 69.1 Å². The Bertz CT molecular complexity index is 680. The van der Waals surface area contributed by atoms with Crippen molar-refractivity contribution < 1.29 is 36.4 Å². The van der Waals surface area contributed by atoms with Crippen LogP contribution in [0.4, 0.5) is 0 Å². The van der Waals surface area contributed by atoms with Gasteiger partial charge in [-0.1, -0.05) is 56.2 Å². The first-order valence-electron chi connectivity index (χ1n) is 15.5. The highest BCUT2D eigenvalue weighted by atomic mass is 32.2. The summed E-state index contributed by atoms with van der Waals surface area (Å²) in [5.74, 6) is 0.667. The van der Waals surface area contributed by atoms with E-state index in [0.717, 1.165) is 43.1 Å². The lowest BCUT2D eigenvalue weighted by Crippen LogP contribution is -2.30. The average Bonchev–Trinajstić information content (AvgIpc) is 3.01. The lowest BCUT2D eigenvalue weighted by Gasteiger charge is -2.29. The largest absolute Gasteiger partial charge is 0.371 e. The second-order valence-electron chi connectivity index (χ2n) is 9.85. The summed E-state index contributed by atoms with van der Waals surface area (Å²) in [6.45, 7) is 17.1. The Labute approximate surface area is 282 Å². The van der Waals surface area contributed by atoms with E-state index in [1.165, 1.54) is 14.2 Å². The van der Waals surface area contributed by atoms with E-state index in [-0.39, 0.29) is 38.0 Å². The Morgan fingerprint density at radius 1 is 0.837 bits per heavy atom. The first-order valence-corrected chi connectivity index (χ1v) is 19.5. The molecule has 2 unspecified atom stereocenters. The van der Waals surface area contributed by atoms with Gasteiger partial charge in [0.15, 0.2) is 0 Å². The standard InChI is InChI=1S/C14H28B2O4PS.C13H26B2O4PS/c1-5-7-12(6-2)14(18-11-17-3)10-13(20-22-16)8-9-19-21(4)15;1-5-6-11(2)13(17-10-16-3)9-12(19-21-15)7-8-18-20(4)14/h5,12-14,16H,1,6-11H2,2-4H3;5,11-13,15H,1,6-10H2,2-4H3/t12-,13+,14+,21?;11-,12+,13+,20?/m00/s1/i16T;15T. The van der Waals surface area contributed by atoms with E-state index in [1.807, 2.05) is 25.5 Å². The Balaban J connectivity index is 0. The third-order valence-electron chi connectivity index (χ3n) is 6.34. The molecular weight excluding hydrogens is 622 g/mol. The Morgan fingerprint density at radius 2 is 1.30 bits per heavy atom. The van der Waals surface area contributed by atoms with Crippen LogP contribution in [-0.2, 0) is 36.4 Å². The number of methoxy groups -OCH3 is 2. The van der Waals surface area contributed by atoms with Gasteiger partial charge in [-0.25, -0.2) is 0 Å². The number of ether oxygens (including phenoxy) is 4. The summed E-state index contributed by atoms with van der Waals surface area (Å²) >= 11 is 2.05. The van der Waals surface area contributed by atoms with Crippen molar-refractivity contribution in [3.63, 3.8) is 0 Å². The minimum Gasteiger partial charge on any atom is -0.371 e. The second kappa shape index (κ2) is 32.9. The average molecular weight is 680 g/mol. The first kappa shape index (κ1) is 42.0. The van der Waals surface area contributed by atoms with E-state index in [2.05, 4.69) is 27.0 Å². The molecule has 0 spiro atoms. The Kier molecular flexibility index (Phi) is 32.1. The predicted octanol–water partition coefficient (Wildman–Crippen LogP) is 6.28. The molecule has 244 valence electrons. The fraction of sp³-hybridized carbons (Fsp3) is 0.852. The van der Waals surface area contributed by atoms with E-state index in [1.54, 1.807) is 14.2 Å². The van der Waals surface area contributed by atoms with Crippen molar-refractivity contribution in [1.29, 1.82) is 2.67 Å². The van der Waals surface area contributed by atoms with Gasteiger partial charge in [0.1, 0.15) is 28.7 Å². The zero-order chi connectivity index (χ0) is 34.3. The summed E-state index contributed by atoms with van der Waals surface area (Å²) in [6.07, 6.45) is 9.23. The molecule has 0 aliphatic rings. The highest BCUT2D eigenvalue weighted by molar-refractivity contribution is 8.16. The summed E-state index contributed by atoms with van der Waals surface area (Å²) in [5, 5.41) is 0. The molecule has 8 nitrogen and oxygen atoms in total. The van der Waals surface area contributed by atoms with Crippen LogP contribution in [0.5, 0.6) is 0 Å². The molecule has 0 saturated carbocycles. The van der Waals surface area contributed by atoms with Crippen LogP contribution < -0.4 is 0 Å². The number of hydrogen-bond donors (Lipinski definition) is 0. The van der Waals surface area contributed by atoms with Gasteiger partial charge in [0.05, 0.1) is 37.6 Å². The normalized spacial score (nSPS) is 17.4. The van der Waals surface area contributed by atoms with Crippen molar-refractivity contribution in [2.75, 3.05) is 54.3 Å². The molecule has 0 aromatic heterocycles. The van der Waals surface area contributed by atoms with Crippen LogP contribution in [0.25, 0.3) is 0 Å². The van der Waals surface area contributed by atoms with E-state index in [9.17, 15) is 0 Å². The molecule has 0 rings (SSSR count). The third-order valence-corrected chi connectivity index (χ3v) is 8.28. The molecule has 0 aliphatic carbocycles. The maximum absolute atomic E-state index is 7.12. The molecule has 6 radical (unpaired) electrons. The summed E-state index contributed by atoms with van der Waals surface area (Å²) in [6, 6.07) is 0. The van der Waals surface area contributed by atoms with Crippen molar-refractivity contribution in [2.45, 2.75) is 83.2 Å². The molecule has 0 saturated heterocycles. The van der Waals surface area contributed by atoms with Crippen LogP contribution in [-0.4, -0.2) is 111 Å². The number of allylic oxidation sites excluding steroid dienone is 2. The highest BCUT2D eigenvalue weighted by Gasteiger charge is 2.25. The molecule has 0 bridgehead atoms. The Hall–Kier alpha value is 0.980. The van der Waals surface area contributed by atoms with E-state index in [4.69, 9.17) is 54.2 Å². The molecule has 0 fully saturated rings. The topological polar surface area (TPSA) is 73.8 Å². The van der Waals surface area contributed by atoms with Gasteiger partial charge in [0, 0.05) is 27.1 Å². The van der Waals surface area contributed by atoms with Crippen molar-refractivity contribution in [3.05, 3.63) is 25.3 Å². The molecule has 0 aliphatic heterocycles. The van der Waals surface area contributed by atoms with Crippen molar-refractivity contribution in [2.24, 2.45) is 11.8 Å². The van der Waals surface area contributed by atoms with Gasteiger partial charge in [-0.05, 0) is 69.6 Å². The third kappa shape index (κ3) is 27.8. The summed E-state index contributed by atoms with van der Waals surface area (Å²) in [7, 11) is 15.1. The second-order valence-corrected chi connectivity index (χ2v) is 13.3. The molecule has 0 aromatic rings. The molecule has 16 heteroatoms. The molecule has 0 aromatic carbocycles. The van der Waals surface area contributed by atoms with E-state index in [0.29, 0.717) is 50.7 Å². The van der Waals surface area contributed by atoms with E-state index < -0.39 is 16.1 Å². The van der Waals surface area contributed by atoms with Crippen LogP contribution in [0.3, 0.4) is 0 Å². The summed E-state index contributed by atoms with van der Waals surface area (Å²) in [4.78, 5) is 0. The molecule has 43 heavy (non-hydrogen) atoms. The minimum absolute atomic E-state index is 0.00435. The van der Waals surface area contributed by atoms with Crippen molar-refractivity contribution in [3.8, 4) is 0 Å². The molecular formula is C27H54B4O8P2S2. The van der Waals surface area contributed by atoms with Crippen LogP contribution in [0.1, 0.15) is 58.8 Å². The smallest absolute Gasteiger partial charge is 0.209 e. The SMILES string of the molecule is [3H][B]SO[C@H](CCOP([B])C)C[C@@H](OCOC)[C@@H](C)CC=C.[3H][B]SO[C@H](CCOP([B])C)C[C@@H](OCOC)[C@@H](CC)CC=C. The van der Waals surface area contributed by atoms with Gasteiger partial charge in [-0.2, -0.15) is 0 Å². The lowest BCUT2D eigenvalue weighted by molar-refractivity contribution is -0.102. The quantitative estimate of drug-likeness (QED) is 0.0275. The predicted molar refractivity (Wildman–Crippen MR) is 193 cm³/mol. The van der Waals surface area contributed by atoms with Crippen LogP contribution in [0, 0.1) is 11.8 Å². The zero-order valence-corrected chi connectivity index (χ0v) is 30.5. The summed E-state index contributed by atoms with van der Waals surface area (Å²) in [5.41, 5.74) is 0. The number of rotatable bonds is 31. The van der Waals surface area contributed by atoms with Crippen LogP contribution >= 0.6 is 39.8 Å². The van der Waals surface area contributed by atoms with Crippen LogP contribution in [0.15, 0.2) is 25.3 Å².